The Balaban J connectivity index is 1.61. The Hall–Kier alpha value is -3.60. The van der Waals surface area contributed by atoms with E-state index in [2.05, 4.69) is 5.32 Å². The van der Waals surface area contributed by atoms with Gasteiger partial charge in [0.05, 0.1) is 17.0 Å². The molecular formula is C30H35N3O7S. The van der Waals surface area contributed by atoms with Crippen molar-refractivity contribution in [1.29, 1.82) is 0 Å². The van der Waals surface area contributed by atoms with E-state index in [9.17, 15) is 24.3 Å². The number of rotatable bonds is 9. The molecule has 0 aliphatic carbocycles. The van der Waals surface area contributed by atoms with E-state index >= 15 is 0 Å². The van der Waals surface area contributed by atoms with Gasteiger partial charge in [0, 0.05) is 35.4 Å². The summed E-state index contributed by atoms with van der Waals surface area (Å²) in [6.07, 6.45) is 3.18. The van der Waals surface area contributed by atoms with Crippen molar-refractivity contribution in [2.24, 2.45) is 10.9 Å². The number of ether oxygens (including phenoxy) is 2. The number of aromatic hydroxyl groups is 1. The van der Waals surface area contributed by atoms with Crippen molar-refractivity contribution in [2.75, 3.05) is 12.0 Å². The molecule has 10 nitrogen and oxygen atoms in total. The second-order valence-corrected chi connectivity index (χ2v) is 11.6. The molecule has 5 rings (SSSR count). The number of thioether (sulfide) groups is 1. The first-order valence-electron chi connectivity index (χ1n) is 14.0. The quantitative estimate of drug-likeness (QED) is 0.429. The molecule has 3 unspecified atom stereocenters. The Morgan fingerprint density at radius 3 is 2.73 bits per heavy atom. The normalized spacial score (nSPS) is 22.8. The number of pyridine rings is 1. The van der Waals surface area contributed by atoms with Gasteiger partial charge < -0.3 is 24.5 Å². The molecule has 41 heavy (non-hydrogen) atoms. The topological polar surface area (TPSA) is 136 Å². The molecular weight excluding hydrogens is 546 g/mol. The molecule has 2 N–H and O–H groups in total. The summed E-state index contributed by atoms with van der Waals surface area (Å²) >= 11 is 1.52. The van der Waals surface area contributed by atoms with Gasteiger partial charge in [0.2, 0.25) is 11.5 Å². The summed E-state index contributed by atoms with van der Waals surface area (Å²) in [5, 5.41) is 14.4. The lowest BCUT2D eigenvalue weighted by molar-refractivity contribution is -0.190. The van der Waals surface area contributed by atoms with Crippen LogP contribution in [-0.2, 0) is 42.6 Å². The van der Waals surface area contributed by atoms with E-state index in [1.54, 1.807) is 42.7 Å². The van der Waals surface area contributed by atoms with E-state index in [1.165, 1.54) is 11.8 Å². The minimum atomic E-state index is -1.83. The number of benzene rings is 1. The third-order valence-electron chi connectivity index (χ3n) is 8.37. The number of fused-ring (bicyclic) bond motifs is 5. The minimum absolute atomic E-state index is 0.0458. The highest BCUT2D eigenvalue weighted by Crippen LogP contribution is 2.44. The number of nitrogens with zero attached hydrogens (tertiary/aromatic N) is 2. The van der Waals surface area contributed by atoms with Crippen LogP contribution in [0.3, 0.4) is 0 Å². The van der Waals surface area contributed by atoms with Crippen molar-refractivity contribution in [3.8, 4) is 5.75 Å². The van der Waals surface area contributed by atoms with Crippen molar-refractivity contribution in [3.63, 3.8) is 0 Å². The average Bonchev–Trinajstić information content (AvgIpc) is 3.33. The molecule has 3 aliphatic heterocycles. The van der Waals surface area contributed by atoms with E-state index in [-0.39, 0.29) is 54.2 Å². The van der Waals surface area contributed by atoms with Crippen LogP contribution in [0.15, 0.2) is 34.1 Å². The lowest BCUT2D eigenvalue weighted by Crippen LogP contribution is -2.51. The first-order chi connectivity index (χ1) is 19.7. The van der Waals surface area contributed by atoms with Crippen molar-refractivity contribution >= 4 is 35.2 Å². The largest absolute Gasteiger partial charge is 0.508 e. The summed E-state index contributed by atoms with van der Waals surface area (Å²) in [5.74, 6) is -1.14. The lowest BCUT2D eigenvalue weighted by atomic mass is 9.83. The SMILES string of the molecule is CCC(=O)NC(CCSC)C(=O)O[C@]1(CC)C(=O)OCc2c1cc1n(c2=O)CC2C(CC)=c3cc(O)ccc3=NC12. The fourth-order valence-corrected chi connectivity index (χ4v) is 6.66. The lowest BCUT2D eigenvalue weighted by Gasteiger charge is -2.36. The maximum atomic E-state index is 13.9. The van der Waals surface area contributed by atoms with Gasteiger partial charge in [0.15, 0.2) is 0 Å². The second-order valence-electron chi connectivity index (χ2n) is 10.6. The standard InChI is InChI=1S/C30H35N3O7S/c1-5-17-18-12-16(34)8-9-22(18)32-26-19(17)14-33-24(26)13-21-20(27(33)36)15-39-29(38)30(21,7-3)40-28(37)23(10-11-41-4)31-25(35)6-2/h8-9,12-13,19,23,26,34H,5-7,10-11,14-15H2,1-4H3,(H,31,35)/t19?,23?,26?,30-/m0/s1. The van der Waals surface area contributed by atoms with Crippen LogP contribution in [0.1, 0.15) is 69.3 Å². The van der Waals surface area contributed by atoms with Crippen molar-refractivity contribution in [2.45, 2.75) is 77.3 Å². The molecule has 11 heteroatoms. The minimum Gasteiger partial charge on any atom is -0.508 e. The van der Waals surface area contributed by atoms with E-state index in [0.29, 0.717) is 36.4 Å². The number of hydrogen-bond acceptors (Lipinski definition) is 9. The van der Waals surface area contributed by atoms with Crippen LogP contribution >= 0.6 is 11.8 Å². The molecule has 1 amide bonds. The predicted octanol–water partition coefficient (Wildman–Crippen LogP) is 1.97. The Kier molecular flexibility index (Phi) is 8.00. The van der Waals surface area contributed by atoms with Gasteiger partial charge in [-0.3, -0.25) is 14.6 Å². The third kappa shape index (κ3) is 4.83. The van der Waals surface area contributed by atoms with E-state index in [4.69, 9.17) is 14.5 Å². The van der Waals surface area contributed by atoms with Crippen molar-refractivity contribution in [1.82, 2.24) is 9.88 Å². The molecule has 1 aromatic heterocycles. The molecule has 2 aromatic rings. The maximum Gasteiger partial charge on any atom is 0.355 e. The Bertz CT molecular complexity index is 1600. The Morgan fingerprint density at radius 2 is 2.05 bits per heavy atom. The van der Waals surface area contributed by atoms with Gasteiger partial charge in [0.25, 0.3) is 5.56 Å². The molecule has 4 atom stereocenters. The van der Waals surface area contributed by atoms with Crippen LogP contribution in [0, 0.1) is 5.92 Å². The van der Waals surface area contributed by atoms with Crippen LogP contribution < -0.4 is 21.5 Å². The number of esters is 2. The molecule has 0 fully saturated rings. The van der Waals surface area contributed by atoms with Crippen molar-refractivity contribution < 1.29 is 29.0 Å². The summed E-state index contributed by atoms with van der Waals surface area (Å²) in [4.78, 5) is 57.9. The Morgan fingerprint density at radius 1 is 1.27 bits per heavy atom. The molecule has 3 aliphatic rings. The number of hydrogen-bond donors (Lipinski definition) is 2. The highest BCUT2D eigenvalue weighted by atomic mass is 32.2. The fraction of sp³-hybridized carbons (Fsp3) is 0.500. The molecule has 1 aromatic carbocycles. The van der Waals surface area contributed by atoms with Crippen LogP contribution in [0.4, 0.5) is 0 Å². The van der Waals surface area contributed by atoms with E-state index in [1.807, 2.05) is 13.2 Å². The van der Waals surface area contributed by atoms with Crippen LogP contribution in [0.5, 0.6) is 5.75 Å². The molecule has 0 spiro atoms. The Labute approximate surface area is 241 Å². The number of nitrogens with one attached hydrogen (secondary N) is 1. The maximum absolute atomic E-state index is 13.9. The molecule has 0 saturated heterocycles. The van der Waals surface area contributed by atoms with E-state index < -0.39 is 23.6 Å². The summed E-state index contributed by atoms with van der Waals surface area (Å²) in [5.41, 5.74) is 0.196. The van der Waals surface area contributed by atoms with Crippen LogP contribution in [-0.4, -0.2) is 45.6 Å². The highest BCUT2D eigenvalue weighted by Gasteiger charge is 2.52. The number of phenols is 1. The molecule has 0 bridgehead atoms. The number of phenolic OH excluding ortho intramolecular Hbond substituents is 1. The van der Waals surface area contributed by atoms with Gasteiger partial charge in [-0.1, -0.05) is 26.3 Å². The van der Waals surface area contributed by atoms with Gasteiger partial charge in [-0.25, -0.2) is 9.59 Å². The van der Waals surface area contributed by atoms with Gasteiger partial charge >= 0.3 is 11.9 Å². The fourth-order valence-electron chi connectivity index (χ4n) is 6.19. The van der Waals surface area contributed by atoms with Crippen molar-refractivity contribution in [3.05, 3.63) is 62.0 Å². The zero-order valence-electron chi connectivity index (χ0n) is 23.7. The highest BCUT2D eigenvalue weighted by molar-refractivity contribution is 7.98. The monoisotopic (exact) mass is 581 g/mol. The zero-order chi connectivity index (χ0) is 29.5. The van der Waals surface area contributed by atoms with Crippen LogP contribution in [0.2, 0.25) is 0 Å². The first-order valence-corrected chi connectivity index (χ1v) is 15.4. The van der Waals surface area contributed by atoms with Gasteiger partial charge in [-0.2, -0.15) is 11.8 Å². The first kappa shape index (κ1) is 28.9. The summed E-state index contributed by atoms with van der Waals surface area (Å²) in [6, 6.07) is 5.53. The number of carbonyl (C=O) groups is 3. The summed E-state index contributed by atoms with van der Waals surface area (Å²) in [6.45, 7) is 5.62. The second kappa shape index (κ2) is 11.3. The number of amides is 1. The number of aromatic nitrogens is 1. The third-order valence-corrected chi connectivity index (χ3v) is 9.01. The van der Waals surface area contributed by atoms with Gasteiger partial charge in [-0.05, 0) is 55.5 Å². The summed E-state index contributed by atoms with van der Waals surface area (Å²) < 4.78 is 13.1. The van der Waals surface area contributed by atoms with Gasteiger partial charge in [-0.15, -0.1) is 0 Å². The number of cyclic esters (lactones) is 1. The predicted molar refractivity (Wildman–Crippen MR) is 153 cm³/mol. The van der Waals surface area contributed by atoms with Gasteiger partial charge in [0.1, 0.15) is 18.4 Å². The summed E-state index contributed by atoms with van der Waals surface area (Å²) in [7, 11) is 0. The molecule has 0 radical (unpaired) electrons. The van der Waals surface area contributed by atoms with Crippen LogP contribution in [0.25, 0.3) is 5.57 Å². The molecule has 4 heterocycles. The average molecular weight is 582 g/mol. The zero-order valence-corrected chi connectivity index (χ0v) is 24.5. The molecule has 218 valence electrons. The smallest absolute Gasteiger partial charge is 0.355 e. The number of carbonyl (C=O) groups excluding carboxylic acids is 3. The molecule has 0 saturated carbocycles. The van der Waals surface area contributed by atoms with E-state index in [0.717, 1.165) is 16.1 Å².